The largest absolute Gasteiger partial charge is 0.387 e. The van der Waals surface area contributed by atoms with E-state index in [4.69, 9.17) is 0 Å². The highest BCUT2D eigenvalue weighted by atomic mass is 16.1. The number of nitrogens with one attached hydrogen (secondary N) is 2. The molecule has 4 nitrogen and oxygen atoms in total. The highest BCUT2D eigenvalue weighted by Crippen LogP contribution is 2.18. The molecule has 0 atom stereocenters. The number of aromatic nitrogens is 1. The average Bonchev–Trinajstić information content (AvgIpc) is 2.44. The average molecular weight is 255 g/mol. The molecule has 0 aliphatic carbocycles. The highest BCUT2D eigenvalue weighted by Gasteiger charge is 2.09. The molecule has 4 heteroatoms. The van der Waals surface area contributed by atoms with E-state index in [0.29, 0.717) is 5.69 Å². The fourth-order valence-electron chi connectivity index (χ4n) is 1.75. The van der Waals surface area contributed by atoms with Crippen LogP contribution < -0.4 is 10.6 Å². The van der Waals surface area contributed by atoms with Crippen molar-refractivity contribution in [1.29, 1.82) is 0 Å². The fourth-order valence-corrected chi connectivity index (χ4v) is 1.75. The SMILES string of the molecule is CNc1ccc(C(=O)Nc2cccc(C)c2C)nc1. The molecule has 2 rings (SSSR count). The Hall–Kier alpha value is -2.36. The van der Waals surface area contributed by atoms with Crippen LogP contribution in [0.4, 0.5) is 11.4 Å². The van der Waals surface area contributed by atoms with E-state index in [0.717, 1.165) is 22.5 Å². The van der Waals surface area contributed by atoms with Crippen molar-refractivity contribution in [1.82, 2.24) is 4.98 Å². The lowest BCUT2D eigenvalue weighted by Gasteiger charge is -2.10. The maximum atomic E-state index is 12.1. The van der Waals surface area contributed by atoms with Gasteiger partial charge in [0.2, 0.25) is 0 Å². The Kier molecular flexibility index (Phi) is 3.80. The molecule has 2 N–H and O–H groups in total. The third kappa shape index (κ3) is 2.91. The third-order valence-corrected chi connectivity index (χ3v) is 3.14. The molecule has 2 aromatic rings. The smallest absolute Gasteiger partial charge is 0.274 e. The second-order valence-corrected chi connectivity index (χ2v) is 4.38. The quantitative estimate of drug-likeness (QED) is 0.886. The van der Waals surface area contributed by atoms with Crippen molar-refractivity contribution in [2.75, 3.05) is 17.7 Å². The summed E-state index contributed by atoms with van der Waals surface area (Å²) in [7, 11) is 1.81. The minimum atomic E-state index is -0.198. The van der Waals surface area contributed by atoms with Crippen LogP contribution in [-0.4, -0.2) is 17.9 Å². The predicted octanol–water partition coefficient (Wildman–Crippen LogP) is 2.99. The Bertz CT molecular complexity index is 591. The molecule has 19 heavy (non-hydrogen) atoms. The van der Waals surface area contributed by atoms with Gasteiger partial charge < -0.3 is 10.6 Å². The summed E-state index contributed by atoms with van der Waals surface area (Å²) in [5.41, 5.74) is 4.33. The zero-order valence-corrected chi connectivity index (χ0v) is 11.3. The van der Waals surface area contributed by atoms with Gasteiger partial charge in [0.25, 0.3) is 5.91 Å². The second-order valence-electron chi connectivity index (χ2n) is 4.38. The molecule has 0 unspecified atom stereocenters. The predicted molar refractivity (Wildman–Crippen MR) is 77.7 cm³/mol. The first-order valence-corrected chi connectivity index (χ1v) is 6.13. The van der Waals surface area contributed by atoms with Crippen LogP contribution in [0.1, 0.15) is 21.6 Å². The third-order valence-electron chi connectivity index (χ3n) is 3.14. The van der Waals surface area contributed by atoms with Crippen molar-refractivity contribution < 1.29 is 4.79 Å². The highest BCUT2D eigenvalue weighted by molar-refractivity contribution is 6.03. The summed E-state index contributed by atoms with van der Waals surface area (Å²) in [5.74, 6) is -0.198. The topological polar surface area (TPSA) is 54.0 Å². The lowest BCUT2D eigenvalue weighted by atomic mass is 10.1. The van der Waals surface area contributed by atoms with Crippen LogP contribution in [0.5, 0.6) is 0 Å². The summed E-state index contributed by atoms with van der Waals surface area (Å²) in [6, 6.07) is 9.36. The van der Waals surface area contributed by atoms with Crippen molar-refractivity contribution in [3.8, 4) is 0 Å². The number of hydrogen-bond donors (Lipinski definition) is 2. The van der Waals surface area contributed by atoms with Gasteiger partial charge in [-0.2, -0.15) is 0 Å². The molecule has 0 radical (unpaired) electrons. The van der Waals surface area contributed by atoms with Gasteiger partial charge in [0.15, 0.2) is 0 Å². The summed E-state index contributed by atoms with van der Waals surface area (Å²) >= 11 is 0. The van der Waals surface area contributed by atoms with Crippen LogP contribution in [0.25, 0.3) is 0 Å². The van der Waals surface area contributed by atoms with Gasteiger partial charge in [0, 0.05) is 12.7 Å². The van der Waals surface area contributed by atoms with Crippen LogP contribution in [0.2, 0.25) is 0 Å². The Morgan fingerprint density at radius 2 is 1.95 bits per heavy atom. The number of amides is 1. The second kappa shape index (κ2) is 5.52. The first-order valence-electron chi connectivity index (χ1n) is 6.13. The van der Waals surface area contributed by atoms with E-state index in [1.54, 1.807) is 12.3 Å². The molecule has 0 saturated heterocycles. The molecule has 0 spiro atoms. The number of carbonyl (C=O) groups is 1. The van der Waals surface area contributed by atoms with Gasteiger partial charge in [-0.05, 0) is 43.2 Å². The molecule has 0 aliphatic rings. The first kappa shape index (κ1) is 13.1. The Labute approximate surface area is 112 Å². The molecule has 0 aliphatic heterocycles. The van der Waals surface area contributed by atoms with Gasteiger partial charge >= 0.3 is 0 Å². The molecular weight excluding hydrogens is 238 g/mol. The maximum Gasteiger partial charge on any atom is 0.274 e. The van der Waals surface area contributed by atoms with Gasteiger partial charge in [-0.25, -0.2) is 4.98 Å². The van der Waals surface area contributed by atoms with Crippen LogP contribution in [-0.2, 0) is 0 Å². The molecule has 0 bridgehead atoms. The van der Waals surface area contributed by atoms with Gasteiger partial charge in [0.1, 0.15) is 5.69 Å². The van der Waals surface area contributed by atoms with E-state index >= 15 is 0 Å². The summed E-state index contributed by atoms with van der Waals surface area (Å²) in [5, 5.41) is 5.85. The minimum absolute atomic E-state index is 0.198. The summed E-state index contributed by atoms with van der Waals surface area (Å²) in [6.07, 6.45) is 1.64. The molecule has 1 aromatic carbocycles. The van der Waals surface area contributed by atoms with Gasteiger partial charge in [-0.3, -0.25) is 4.79 Å². The number of carbonyl (C=O) groups excluding carboxylic acids is 1. The summed E-state index contributed by atoms with van der Waals surface area (Å²) in [4.78, 5) is 16.2. The Balaban J connectivity index is 2.18. The molecule has 1 aromatic heterocycles. The number of nitrogens with zero attached hydrogens (tertiary/aromatic N) is 1. The van der Waals surface area contributed by atoms with Gasteiger partial charge in [-0.15, -0.1) is 0 Å². The van der Waals surface area contributed by atoms with Crippen molar-refractivity contribution in [3.63, 3.8) is 0 Å². The van der Waals surface area contributed by atoms with E-state index in [9.17, 15) is 4.79 Å². The normalized spacial score (nSPS) is 10.1. The number of aryl methyl sites for hydroxylation is 1. The molecule has 0 saturated carbocycles. The standard InChI is InChI=1S/C15H17N3O/c1-10-5-4-6-13(11(10)2)18-15(19)14-8-7-12(16-3)9-17-14/h4-9,16H,1-3H3,(H,18,19). The molecule has 1 amide bonds. The number of benzene rings is 1. The minimum Gasteiger partial charge on any atom is -0.387 e. The molecule has 1 heterocycles. The Morgan fingerprint density at radius 3 is 2.58 bits per heavy atom. The molecule has 98 valence electrons. The van der Waals surface area contributed by atoms with Gasteiger partial charge in [-0.1, -0.05) is 12.1 Å². The van der Waals surface area contributed by atoms with E-state index in [2.05, 4.69) is 15.6 Å². The zero-order valence-electron chi connectivity index (χ0n) is 11.3. The van der Waals surface area contributed by atoms with Crippen molar-refractivity contribution in [3.05, 3.63) is 53.3 Å². The fraction of sp³-hybridized carbons (Fsp3) is 0.200. The lowest BCUT2D eigenvalue weighted by Crippen LogP contribution is -2.14. The Morgan fingerprint density at radius 1 is 1.16 bits per heavy atom. The van der Waals surface area contributed by atoms with E-state index in [1.807, 2.05) is 45.2 Å². The van der Waals surface area contributed by atoms with E-state index < -0.39 is 0 Å². The van der Waals surface area contributed by atoms with Crippen molar-refractivity contribution in [2.45, 2.75) is 13.8 Å². The van der Waals surface area contributed by atoms with Crippen LogP contribution in [0, 0.1) is 13.8 Å². The van der Waals surface area contributed by atoms with Crippen molar-refractivity contribution >= 4 is 17.3 Å². The number of hydrogen-bond acceptors (Lipinski definition) is 3. The van der Waals surface area contributed by atoms with Crippen molar-refractivity contribution in [2.24, 2.45) is 0 Å². The van der Waals surface area contributed by atoms with Crippen LogP contribution in [0.3, 0.4) is 0 Å². The number of rotatable bonds is 3. The van der Waals surface area contributed by atoms with Crippen LogP contribution in [0.15, 0.2) is 36.5 Å². The maximum absolute atomic E-state index is 12.1. The molecule has 0 fully saturated rings. The monoisotopic (exact) mass is 255 g/mol. The lowest BCUT2D eigenvalue weighted by molar-refractivity contribution is 0.102. The molecular formula is C15H17N3O. The number of pyridine rings is 1. The van der Waals surface area contributed by atoms with Crippen LogP contribution >= 0.6 is 0 Å². The summed E-state index contributed by atoms with van der Waals surface area (Å²) in [6.45, 7) is 4.01. The van der Waals surface area contributed by atoms with E-state index in [1.165, 1.54) is 0 Å². The summed E-state index contributed by atoms with van der Waals surface area (Å²) < 4.78 is 0. The van der Waals surface area contributed by atoms with Gasteiger partial charge in [0.05, 0.1) is 11.9 Å². The van der Waals surface area contributed by atoms with E-state index in [-0.39, 0.29) is 5.91 Å². The zero-order chi connectivity index (χ0) is 13.8. The number of anilines is 2. The first-order chi connectivity index (χ1) is 9.11.